The molecule has 0 aliphatic carbocycles. The zero-order valence-electron chi connectivity index (χ0n) is 11.9. The summed E-state index contributed by atoms with van der Waals surface area (Å²) in [5.74, 6) is 0.0222. The minimum atomic E-state index is -0.243. The molecule has 0 amide bonds. The summed E-state index contributed by atoms with van der Waals surface area (Å²) < 4.78 is 18.6. The van der Waals surface area contributed by atoms with Crippen molar-refractivity contribution < 1.29 is 8.91 Å². The van der Waals surface area contributed by atoms with Gasteiger partial charge in [0, 0.05) is 5.56 Å². The summed E-state index contributed by atoms with van der Waals surface area (Å²) in [5.41, 5.74) is 10.7. The van der Waals surface area contributed by atoms with Crippen molar-refractivity contribution in [3.63, 3.8) is 0 Å². The maximum atomic E-state index is 13.4. The third kappa shape index (κ3) is 2.29. The lowest BCUT2D eigenvalue weighted by Crippen LogP contribution is -1.91. The van der Waals surface area contributed by atoms with E-state index in [0.717, 1.165) is 22.3 Å². The lowest BCUT2D eigenvalue weighted by molar-refractivity contribution is 0.439. The number of nitrogen functional groups attached to an aromatic ring is 1. The monoisotopic (exact) mass is 282 g/mol. The van der Waals surface area contributed by atoms with E-state index < -0.39 is 0 Å². The summed E-state index contributed by atoms with van der Waals surface area (Å²) in [6.07, 6.45) is 0. The highest BCUT2D eigenvalue weighted by Crippen LogP contribution is 2.37. The predicted molar refractivity (Wildman–Crippen MR) is 81.2 cm³/mol. The Bertz CT molecular complexity index is 808. The second-order valence-corrected chi connectivity index (χ2v) is 5.05. The number of hydrogen-bond donors (Lipinski definition) is 1. The molecule has 0 radical (unpaired) electrons. The van der Waals surface area contributed by atoms with E-state index in [2.05, 4.69) is 5.16 Å². The van der Waals surface area contributed by atoms with Gasteiger partial charge < -0.3 is 10.3 Å². The van der Waals surface area contributed by atoms with Gasteiger partial charge in [-0.05, 0) is 48.7 Å². The van der Waals surface area contributed by atoms with Gasteiger partial charge in [-0.3, -0.25) is 0 Å². The first-order valence-corrected chi connectivity index (χ1v) is 6.65. The summed E-state index contributed by atoms with van der Waals surface area (Å²) in [5, 5.41) is 4.05. The highest BCUT2D eigenvalue weighted by Gasteiger charge is 2.19. The summed E-state index contributed by atoms with van der Waals surface area (Å²) in [7, 11) is 0. The van der Waals surface area contributed by atoms with Crippen molar-refractivity contribution in [1.29, 1.82) is 0 Å². The van der Waals surface area contributed by atoms with Crippen molar-refractivity contribution in [2.24, 2.45) is 0 Å². The molecule has 0 aliphatic rings. The first kappa shape index (κ1) is 13.4. The lowest BCUT2D eigenvalue weighted by atomic mass is 9.96. The predicted octanol–water partition coefficient (Wildman–Crippen LogP) is 4.35. The molecule has 3 nitrogen and oxygen atoms in total. The number of aromatic nitrogens is 1. The molecule has 0 spiro atoms. The smallest absolute Gasteiger partial charge is 0.230 e. The fraction of sp³-hybridized carbons (Fsp3) is 0.118. The molecule has 0 unspecified atom stereocenters. The molecular weight excluding hydrogens is 267 g/mol. The number of hydrogen-bond acceptors (Lipinski definition) is 3. The van der Waals surface area contributed by atoms with Crippen LogP contribution in [0.2, 0.25) is 0 Å². The zero-order chi connectivity index (χ0) is 15.0. The Morgan fingerprint density at radius 1 is 1.05 bits per heavy atom. The highest BCUT2D eigenvalue weighted by atomic mass is 19.1. The summed E-state index contributed by atoms with van der Waals surface area (Å²) in [6.45, 7) is 3.72. The van der Waals surface area contributed by atoms with Crippen molar-refractivity contribution in [2.45, 2.75) is 13.8 Å². The number of benzene rings is 2. The van der Waals surface area contributed by atoms with Gasteiger partial charge in [0.15, 0.2) is 0 Å². The van der Waals surface area contributed by atoms with Crippen molar-refractivity contribution in [1.82, 2.24) is 5.16 Å². The van der Waals surface area contributed by atoms with Crippen molar-refractivity contribution in [3.8, 4) is 22.4 Å². The van der Waals surface area contributed by atoms with Crippen molar-refractivity contribution >= 4 is 5.88 Å². The van der Waals surface area contributed by atoms with Gasteiger partial charge in [0.25, 0.3) is 0 Å². The fourth-order valence-corrected chi connectivity index (χ4v) is 2.41. The van der Waals surface area contributed by atoms with E-state index in [4.69, 9.17) is 10.3 Å². The summed E-state index contributed by atoms with van der Waals surface area (Å²) in [4.78, 5) is 0. The molecule has 0 saturated carbocycles. The average molecular weight is 282 g/mol. The van der Waals surface area contributed by atoms with Crippen molar-refractivity contribution in [3.05, 3.63) is 59.4 Å². The molecule has 2 aromatic carbocycles. The molecule has 2 N–H and O–H groups in total. The van der Waals surface area contributed by atoms with Crippen LogP contribution in [0.1, 0.15) is 11.1 Å². The number of aryl methyl sites for hydroxylation is 2. The molecule has 0 bridgehead atoms. The summed E-state index contributed by atoms with van der Waals surface area (Å²) >= 11 is 0. The van der Waals surface area contributed by atoms with Gasteiger partial charge in [-0.2, -0.15) is 0 Å². The van der Waals surface area contributed by atoms with Gasteiger partial charge in [0.2, 0.25) is 5.88 Å². The molecule has 4 heteroatoms. The first-order chi connectivity index (χ1) is 10.1. The molecule has 3 rings (SSSR count). The van der Waals surface area contributed by atoms with Crippen LogP contribution in [-0.4, -0.2) is 5.16 Å². The van der Waals surface area contributed by atoms with Crippen LogP contribution in [0.4, 0.5) is 10.3 Å². The molecule has 1 aromatic heterocycles. The van der Waals surface area contributed by atoms with Crippen LogP contribution in [0.5, 0.6) is 0 Å². The van der Waals surface area contributed by atoms with Crippen LogP contribution >= 0.6 is 0 Å². The molecule has 0 fully saturated rings. The van der Waals surface area contributed by atoms with Crippen LogP contribution in [0, 0.1) is 19.7 Å². The van der Waals surface area contributed by atoms with Gasteiger partial charge in [-0.15, -0.1) is 0 Å². The highest BCUT2D eigenvalue weighted by molar-refractivity contribution is 5.88. The largest absolute Gasteiger partial charge is 0.367 e. The minimum Gasteiger partial charge on any atom is -0.367 e. The normalized spacial score (nSPS) is 10.8. The Kier molecular flexibility index (Phi) is 3.22. The van der Waals surface area contributed by atoms with Crippen LogP contribution in [-0.2, 0) is 0 Å². The molecule has 106 valence electrons. The van der Waals surface area contributed by atoms with Crippen molar-refractivity contribution in [2.75, 3.05) is 5.73 Å². The second-order valence-electron chi connectivity index (χ2n) is 5.05. The number of nitrogens with two attached hydrogens (primary N) is 1. The van der Waals surface area contributed by atoms with Crippen LogP contribution in [0.3, 0.4) is 0 Å². The Labute approximate surface area is 122 Å². The van der Waals surface area contributed by atoms with Gasteiger partial charge in [-0.1, -0.05) is 29.4 Å². The number of nitrogens with zero attached hydrogens (tertiary/aromatic N) is 1. The number of rotatable bonds is 2. The Hall–Kier alpha value is -2.62. The van der Waals surface area contributed by atoms with Crippen LogP contribution < -0.4 is 5.73 Å². The molecular formula is C17H15FN2O. The molecule has 0 saturated heterocycles. The number of halogens is 1. The fourth-order valence-electron chi connectivity index (χ4n) is 2.41. The molecule has 1 heterocycles. The van der Waals surface area contributed by atoms with Gasteiger partial charge in [0.05, 0.1) is 5.56 Å². The van der Waals surface area contributed by atoms with E-state index in [1.54, 1.807) is 19.1 Å². The topological polar surface area (TPSA) is 52.0 Å². The van der Waals surface area contributed by atoms with E-state index in [-0.39, 0.29) is 11.7 Å². The van der Waals surface area contributed by atoms with E-state index >= 15 is 0 Å². The van der Waals surface area contributed by atoms with Crippen LogP contribution in [0.25, 0.3) is 22.4 Å². The Balaban J connectivity index is 2.22. The summed E-state index contributed by atoms with van der Waals surface area (Å²) in [6, 6.07) is 12.7. The van der Waals surface area contributed by atoms with E-state index in [0.29, 0.717) is 11.3 Å². The first-order valence-electron chi connectivity index (χ1n) is 6.65. The molecule has 0 aliphatic heterocycles. The Morgan fingerprint density at radius 2 is 1.81 bits per heavy atom. The molecule has 21 heavy (non-hydrogen) atoms. The SMILES string of the molecule is Cc1cc(-c2noc(N)c2-c2ccccc2C)ccc1F. The quantitative estimate of drug-likeness (QED) is 0.760. The van der Waals surface area contributed by atoms with E-state index in [1.807, 2.05) is 31.2 Å². The van der Waals surface area contributed by atoms with Crippen LogP contribution in [0.15, 0.2) is 47.0 Å². The third-order valence-electron chi connectivity index (χ3n) is 3.56. The van der Waals surface area contributed by atoms with E-state index in [9.17, 15) is 4.39 Å². The third-order valence-corrected chi connectivity index (χ3v) is 3.56. The maximum absolute atomic E-state index is 13.4. The van der Waals surface area contributed by atoms with Gasteiger partial charge in [0.1, 0.15) is 11.5 Å². The average Bonchev–Trinajstić information content (AvgIpc) is 2.84. The standard InChI is InChI=1S/C17H15FN2O/c1-10-5-3-4-6-13(10)15-16(20-21-17(15)19)12-7-8-14(18)11(2)9-12/h3-9H,19H2,1-2H3. The van der Waals surface area contributed by atoms with E-state index in [1.165, 1.54) is 6.07 Å². The molecule has 0 atom stereocenters. The van der Waals surface area contributed by atoms with Gasteiger partial charge in [-0.25, -0.2) is 4.39 Å². The maximum Gasteiger partial charge on any atom is 0.230 e. The minimum absolute atomic E-state index is 0.243. The molecule has 3 aromatic rings. The lowest BCUT2D eigenvalue weighted by Gasteiger charge is -2.07. The number of anilines is 1. The Morgan fingerprint density at radius 3 is 2.52 bits per heavy atom. The zero-order valence-corrected chi connectivity index (χ0v) is 11.9. The second kappa shape index (κ2) is 5.05. The van der Waals surface area contributed by atoms with Gasteiger partial charge >= 0.3 is 0 Å².